The van der Waals surface area contributed by atoms with E-state index in [4.69, 9.17) is 0 Å². The Morgan fingerprint density at radius 3 is 2.53 bits per heavy atom. The normalized spacial score (nSPS) is 15.4. The van der Waals surface area contributed by atoms with Crippen molar-refractivity contribution in [3.05, 3.63) is 53.2 Å². The zero-order valence-electron chi connectivity index (χ0n) is 17.8. The quantitative estimate of drug-likeness (QED) is 0.430. The molecule has 0 spiro atoms. The van der Waals surface area contributed by atoms with Gasteiger partial charge in [-0.2, -0.15) is 10.1 Å². The van der Waals surface area contributed by atoms with Crippen LogP contribution in [0, 0.1) is 18.6 Å². The molecule has 0 unspecified atom stereocenters. The number of thiophene rings is 1. The second kappa shape index (κ2) is 8.44. The van der Waals surface area contributed by atoms with E-state index in [1.165, 1.54) is 23.5 Å². The Bertz CT molecular complexity index is 1240. The van der Waals surface area contributed by atoms with Gasteiger partial charge in [-0.05, 0) is 63.0 Å². The highest BCUT2D eigenvalue weighted by molar-refractivity contribution is 7.17. The fourth-order valence-corrected chi connectivity index (χ4v) is 4.90. The Hall–Kier alpha value is -3.11. The monoisotopic (exact) mass is 455 g/mol. The number of hydrogen-bond acceptors (Lipinski definition) is 7. The van der Waals surface area contributed by atoms with Crippen molar-refractivity contribution >= 4 is 44.7 Å². The van der Waals surface area contributed by atoms with E-state index in [-0.39, 0.29) is 5.69 Å². The summed E-state index contributed by atoms with van der Waals surface area (Å²) in [6.45, 7) is 4.07. The van der Waals surface area contributed by atoms with Gasteiger partial charge in [0, 0.05) is 18.0 Å². The third-order valence-electron chi connectivity index (χ3n) is 5.66. The highest BCUT2D eigenvalue weighted by Gasteiger charge is 2.19. The minimum absolute atomic E-state index is 0.286. The number of hydrogen-bond donors (Lipinski definition) is 2. The summed E-state index contributed by atoms with van der Waals surface area (Å²) in [4.78, 5) is 12.3. The van der Waals surface area contributed by atoms with Crippen LogP contribution in [0.3, 0.4) is 0 Å². The van der Waals surface area contributed by atoms with E-state index in [9.17, 15) is 8.78 Å². The average molecular weight is 456 g/mol. The van der Waals surface area contributed by atoms with Gasteiger partial charge in [0.25, 0.3) is 0 Å². The van der Waals surface area contributed by atoms with E-state index in [1.807, 2.05) is 23.2 Å². The van der Waals surface area contributed by atoms with Crippen molar-refractivity contribution in [1.29, 1.82) is 0 Å². The molecule has 1 fully saturated rings. The number of piperidine rings is 1. The third kappa shape index (κ3) is 4.28. The number of nitrogens with one attached hydrogen (secondary N) is 2. The number of fused-ring (bicyclic) bond motifs is 1. The van der Waals surface area contributed by atoms with Gasteiger partial charge in [0.2, 0.25) is 5.95 Å². The van der Waals surface area contributed by atoms with Crippen LogP contribution in [0.15, 0.2) is 36.0 Å². The first-order chi connectivity index (χ1) is 15.4. The molecule has 4 heterocycles. The van der Waals surface area contributed by atoms with Crippen LogP contribution in [-0.4, -0.2) is 44.8 Å². The van der Waals surface area contributed by atoms with Gasteiger partial charge in [0.1, 0.15) is 22.3 Å². The lowest BCUT2D eigenvalue weighted by Gasteiger charge is -2.28. The summed E-state index contributed by atoms with van der Waals surface area (Å²) in [5.41, 5.74) is 2.07. The summed E-state index contributed by atoms with van der Waals surface area (Å²) < 4.78 is 29.3. The molecule has 0 aliphatic carbocycles. The Kier molecular flexibility index (Phi) is 5.48. The molecule has 1 aliphatic heterocycles. The van der Waals surface area contributed by atoms with E-state index in [2.05, 4.69) is 37.6 Å². The van der Waals surface area contributed by atoms with Gasteiger partial charge in [-0.3, -0.25) is 4.68 Å². The lowest BCUT2D eigenvalue weighted by atomic mass is 10.1. The highest BCUT2D eigenvalue weighted by Crippen LogP contribution is 2.33. The Morgan fingerprint density at radius 1 is 1.03 bits per heavy atom. The molecule has 0 atom stereocenters. The molecule has 32 heavy (non-hydrogen) atoms. The third-order valence-corrected chi connectivity index (χ3v) is 6.65. The zero-order chi connectivity index (χ0) is 22.2. The van der Waals surface area contributed by atoms with E-state index in [1.54, 1.807) is 6.20 Å². The average Bonchev–Trinajstić information content (AvgIpc) is 3.35. The van der Waals surface area contributed by atoms with Crippen LogP contribution in [-0.2, 0) is 0 Å². The van der Waals surface area contributed by atoms with Crippen molar-refractivity contribution in [3.8, 4) is 0 Å². The molecule has 1 saturated heterocycles. The predicted octanol–water partition coefficient (Wildman–Crippen LogP) is 5.23. The van der Waals surface area contributed by atoms with Gasteiger partial charge in [0.15, 0.2) is 0 Å². The first-order valence-electron chi connectivity index (χ1n) is 10.4. The van der Waals surface area contributed by atoms with Gasteiger partial charge in [-0.25, -0.2) is 13.8 Å². The number of rotatable bonds is 5. The van der Waals surface area contributed by atoms with Crippen LogP contribution in [0.25, 0.3) is 10.2 Å². The number of anilines is 4. The smallest absolute Gasteiger partial charge is 0.230 e. The second-order valence-electron chi connectivity index (χ2n) is 8.15. The summed E-state index contributed by atoms with van der Waals surface area (Å²) in [7, 11) is 2.13. The van der Waals surface area contributed by atoms with Crippen LogP contribution in [0.5, 0.6) is 0 Å². The summed E-state index contributed by atoms with van der Waals surface area (Å²) in [5, 5.41) is 13.6. The van der Waals surface area contributed by atoms with E-state index in [0.29, 0.717) is 17.8 Å². The first-order valence-corrected chi connectivity index (χ1v) is 11.3. The zero-order valence-corrected chi connectivity index (χ0v) is 18.6. The fraction of sp³-hybridized carbons (Fsp3) is 0.318. The van der Waals surface area contributed by atoms with Crippen molar-refractivity contribution in [3.63, 3.8) is 0 Å². The van der Waals surface area contributed by atoms with Crippen molar-refractivity contribution < 1.29 is 8.78 Å². The maximum Gasteiger partial charge on any atom is 0.230 e. The number of aryl methyl sites for hydroxylation is 1. The molecule has 166 valence electrons. The Labute approximate surface area is 188 Å². The van der Waals surface area contributed by atoms with Gasteiger partial charge >= 0.3 is 0 Å². The van der Waals surface area contributed by atoms with Crippen molar-refractivity contribution in [2.24, 2.45) is 0 Å². The van der Waals surface area contributed by atoms with Crippen molar-refractivity contribution in [1.82, 2.24) is 24.6 Å². The standard InChI is InChI=1S/C22H23F2N7S/c1-13-12-32-21-19(13)20(26-16-8-14(23)7-15(24)9-16)28-22(29-21)27-17-10-25-31(11-17)18-3-5-30(2)6-4-18/h7-12,18H,3-6H2,1-2H3,(H2,26,27,28,29). The minimum atomic E-state index is -0.653. The van der Waals surface area contributed by atoms with Crippen LogP contribution >= 0.6 is 11.3 Å². The summed E-state index contributed by atoms with van der Waals surface area (Å²) in [6.07, 6.45) is 5.86. The molecule has 0 saturated carbocycles. The molecule has 0 amide bonds. The molecule has 4 aromatic rings. The van der Waals surface area contributed by atoms with Crippen molar-refractivity contribution in [2.75, 3.05) is 30.8 Å². The lowest BCUT2D eigenvalue weighted by Crippen LogP contribution is -2.31. The number of halogens is 2. The van der Waals surface area contributed by atoms with Crippen LogP contribution in [0.1, 0.15) is 24.4 Å². The molecule has 1 aromatic carbocycles. The highest BCUT2D eigenvalue weighted by atomic mass is 32.1. The fourth-order valence-electron chi connectivity index (χ4n) is 3.98. The molecule has 0 radical (unpaired) electrons. The van der Waals surface area contributed by atoms with E-state index >= 15 is 0 Å². The molecule has 0 bridgehead atoms. The molecule has 3 aromatic heterocycles. The van der Waals surface area contributed by atoms with Crippen LogP contribution < -0.4 is 10.6 Å². The molecule has 5 rings (SSSR count). The largest absolute Gasteiger partial charge is 0.339 e. The summed E-state index contributed by atoms with van der Waals surface area (Å²) in [6, 6.07) is 3.69. The second-order valence-corrected chi connectivity index (χ2v) is 9.00. The van der Waals surface area contributed by atoms with Gasteiger partial charge in [0.05, 0.1) is 23.3 Å². The molecular formula is C22H23F2N7S. The molecule has 7 nitrogen and oxygen atoms in total. The minimum Gasteiger partial charge on any atom is -0.339 e. The van der Waals surface area contributed by atoms with Gasteiger partial charge in [-0.15, -0.1) is 11.3 Å². The molecule has 1 aliphatic rings. The molecule has 10 heteroatoms. The number of benzene rings is 1. The summed E-state index contributed by atoms with van der Waals surface area (Å²) >= 11 is 1.49. The summed E-state index contributed by atoms with van der Waals surface area (Å²) in [5.74, 6) is -0.426. The number of aromatic nitrogens is 4. The van der Waals surface area contributed by atoms with Gasteiger partial charge in [-0.1, -0.05) is 0 Å². The van der Waals surface area contributed by atoms with Crippen molar-refractivity contribution in [2.45, 2.75) is 25.8 Å². The molecule has 2 N–H and O–H groups in total. The first kappa shape index (κ1) is 20.8. The number of nitrogens with zero attached hydrogens (tertiary/aromatic N) is 5. The number of likely N-dealkylation sites (tertiary alicyclic amines) is 1. The Morgan fingerprint density at radius 2 is 1.78 bits per heavy atom. The van der Waals surface area contributed by atoms with E-state index < -0.39 is 11.6 Å². The maximum atomic E-state index is 13.7. The maximum absolute atomic E-state index is 13.7. The topological polar surface area (TPSA) is 70.9 Å². The van der Waals surface area contributed by atoms with Gasteiger partial charge < -0.3 is 15.5 Å². The molecular weight excluding hydrogens is 432 g/mol. The lowest BCUT2D eigenvalue weighted by molar-refractivity contribution is 0.212. The van der Waals surface area contributed by atoms with E-state index in [0.717, 1.165) is 53.5 Å². The van der Waals surface area contributed by atoms with Crippen LogP contribution in [0.2, 0.25) is 0 Å². The SMILES string of the molecule is Cc1csc2nc(Nc3cnn(C4CCN(C)CC4)c3)nc(Nc3cc(F)cc(F)c3)c12. The Balaban J connectivity index is 1.42. The predicted molar refractivity (Wildman–Crippen MR) is 123 cm³/mol. The van der Waals surface area contributed by atoms with Crippen LogP contribution in [0.4, 0.5) is 31.9 Å².